The molecule has 3 aromatic carbocycles. The van der Waals surface area contributed by atoms with Crippen molar-refractivity contribution in [1.82, 2.24) is 4.90 Å². The number of likely N-dealkylation sites (tertiary alicyclic amines) is 1. The van der Waals surface area contributed by atoms with Crippen LogP contribution >= 0.6 is 0 Å². The van der Waals surface area contributed by atoms with Crippen LogP contribution in [-0.2, 0) is 16.1 Å². The van der Waals surface area contributed by atoms with E-state index >= 15 is 0 Å². The maximum absolute atomic E-state index is 13.6. The lowest BCUT2D eigenvalue weighted by Gasteiger charge is -2.28. The van der Waals surface area contributed by atoms with Crippen molar-refractivity contribution in [3.05, 3.63) is 100 Å². The van der Waals surface area contributed by atoms with Crippen molar-refractivity contribution >= 4 is 17.4 Å². The summed E-state index contributed by atoms with van der Waals surface area (Å²) in [6.07, 6.45) is 0. The van der Waals surface area contributed by atoms with Crippen LogP contribution in [0.4, 0.5) is 0 Å². The Kier molecular flexibility index (Phi) is 7.86. The fraction of sp³-hybridized carbons (Fsp3) is 0.333. The van der Waals surface area contributed by atoms with Crippen LogP contribution in [0.3, 0.4) is 0 Å². The van der Waals surface area contributed by atoms with Gasteiger partial charge in [-0.15, -0.1) is 0 Å². The third-order valence-corrected chi connectivity index (χ3v) is 6.75. The summed E-state index contributed by atoms with van der Waals surface area (Å²) < 4.78 is 11.7. The summed E-state index contributed by atoms with van der Waals surface area (Å²) in [5.41, 5.74) is 3.51. The number of carbonyl (C=O) groups excluding carboxylic acids is 2. The van der Waals surface area contributed by atoms with Crippen molar-refractivity contribution in [3.63, 3.8) is 0 Å². The number of ketones is 1. The molecule has 1 aliphatic heterocycles. The number of para-hydroxylation sites is 1. The maximum Gasteiger partial charge on any atom is 0.295 e. The maximum atomic E-state index is 13.6. The van der Waals surface area contributed by atoms with Gasteiger partial charge in [0.05, 0.1) is 25.3 Å². The molecule has 4 rings (SSSR count). The van der Waals surface area contributed by atoms with Gasteiger partial charge in [-0.3, -0.25) is 9.59 Å². The van der Waals surface area contributed by atoms with E-state index < -0.39 is 23.3 Å². The Morgan fingerprint density at radius 2 is 1.69 bits per heavy atom. The molecule has 1 heterocycles. The Morgan fingerprint density at radius 1 is 0.974 bits per heavy atom. The second kappa shape index (κ2) is 11.0. The van der Waals surface area contributed by atoms with Crippen molar-refractivity contribution < 1.29 is 24.2 Å². The predicted molar refractivity (Wildman–Crippen MR) is 153 cm³/mol. The number of aryl methyl sites for hydroxylation is 1. The van der Waals surface area contributed by atoms with Gasteiger partial charge in [0.2, 0.25) is 0 Å². The highest BCUT2D eigenvalue weighted by Gasteiger charge is 2.46. The fourth-order valence-electron chi connectivity index (χ4n) is 4.97. The number of hydrogen-bond donors (Lipinski definition) is 1. The summed E-state index contributed by atoms with van der Waals surface area (Å²) in [6, 6.07) is 19.8. The molecule has 39 heavy (non-hydrogen) atoms. The standard InChI is InChI=1S/C33H37NO5/c1-20(2)25-18-23(15-16-27(25)38-7)30(35)28-29(22-13-10-11-21(3)17-22)34(32(37)31(28)36)19-24-12-8-9-14-26(24)39-33(4,5)6/h8-18,20,29,35H,19H2,1-7H3/b30-28-. The highest BCUT2D eigenvalue weighted by molar-refractivity contribution is 6.46. The van der Waals surface area contributed by atoms with Crippen molar-refractivity contribution in [1.29, 1.82) is 0 Å². The molecule has 0 saturated carbocycles. The number of hydrogen-bond acceptors (Lipinski definition) is 5. The Labute approximate surface area is 230 Å². The van der Waals surface area contributed by atoms with Gasteiger partial charge in [-0.25, -0.2) is 0 Å². The van der Waals surface area contributed by atoms with E-state index in [0.717, 1.165) is 22.3 Å². The topological polar surface area (TPSA) is 76.1 Å². The van der Waals surface area contributed by atoms with Crippen LogP contribution in [-0.4, -0.2) is 34.4 Å². The van der Waals surface area contributed by atoms with Gasteiger partial charge < -0.3 is 19.5 Å². The predicted octanol–water partition coefficient (Wildman–Crippen LogP) is 6.93. The Hall–Kier alpha value is -4.06. The Bertz CT molecular complexity index is 1430. The summed E-state index contributed by atoms with van der Waals surface area (Å²) in [7, 11) is 1.60. The summed E-state index contributed by atoms with van der Waals surface area (Å²) in [4.78, 5) is 28.7. The van der Waals surface area contributed by atoms with Crippen molar-refractivity contribution in [3.8, 4) is 11.5 Å². The molecule has 3 aromatic rings. The van der Waals surface area contributed by atoms with Gasteiger partial charge in [0, 0.05) is 11.1 Å². The molecule has 0 aliphatic carbocycles. The molecule has 1 saturated heterocycles. The van der Waals surface area contributed by atoms with Crippen LogP contribution in [0.2, 0.25) is 0 Å². The van der Waals surface area contributed by atoms with Gasteiger partial charge in [0.1, 0.15) is 22.9 Å². The zero-order valence-corrected chi connectivity index (χ0v) is 23.7. The number of aliphatic hydroxyl groups is 1. The molecule has 0 aromatic heterocycles. The third-order valence-electron chi connectivity index (χ3n) is 6.75. The summed E-state index contributed by atoms with van der Waals surface area (Å²) in [5.74, 6) is -0.103. The quantitative estimate of drug-likeness (QED) is 0.205. The molecule has 1 atom stereocenters. The third kappa shape index (κ3) is 5.85. The van der Waals surface area contributed by atoms with Gasteiger partial charge in [0.15, 0.2) is 0 Å². The first-order valence-electron chi connectivity index (χ1n) is 13.2. The second-order valence-corrected chi connectivity index (χ2v) is 11.3. The lowest BCUT2D eigenvalue weighted by atomic mass is 9.92. The van der Waals surface area contributed by atoms with Crippen LogP contribution in [0.5, 0.6) is 11.5 Å². The number of benzene rings is 3. The fourth-order valence-corrected chi connectivity index (χ4v) is 4.97. The zero-order chi connectivity index (χ0) is 28.5. The Balaban J connectivity index is 1.87. The van der Waals surface area contributed by atoms with E-state index in [-0.39, 0.29) is 23.8 Å². The second-order valence-electron chi connectivity index (χ2n) is 11.3. The van der Waals surface area contributed by atoms with E-state index in [2.05, 4.69) is 0 Å². The molecular formula is C33H37NO5. The number of amides is 1. The molecule has 0 radical (unpaired) electrons. The molecule has 1 aliphatic rings. The van der Waals surface area contributed by atoms with E-state index in [1.54, 1.807) is 19.2 Å². The van der Waals surface area contributed by atoms with Gasteiger partial charge in [-0.2, -0.15) is 0 Å². The minimum absolute atomic E-state index is 0.0692. The van der Waals surface area contributed by atoms with Crippen molar-refractivity contribution in [2.75, 3.05) is 7.11 Å². The minimum atomic E-state index is -0.766. The zero-order valence-electron chi connectivity index (χ0n) is 23.7. The first kappa shape index (κ1) is 28.0. The average molecular weight is 528 g/mol. The van der Waals surface area contributed by atoms with E-state index in [0.29, 0.717) is 17.1 Å². The van der Waals surface area contributed by atoms with Crippen LogP contribution < -0.4 is 9.47 Å². The van der Waals surface area contributed by atoms with E-state index in [9.17, 15) is 14.7 Å². The molecule has 0 spiro atoms. The smallest absolute Gasteiger partial charge is 0.295 e. The van der Waals surface area contributed by atoms with Crippen LogP contribution in [0.25, 0.3) is 5.76 Å². The van der Waals surface area contributed by atoms with Gasteiger partial charge in [-0.1, -0.05) is 61.9 Å². The van der Waals surface area contributed by atoms with E-state index in [4.69, 9.17) is 9.47 Å². The number of carbonyl (C=O) groups is 2. The number of nitrogens with zero attached hydrogens (tertiary/aromatic N) is 1. The number of ether oxygens (including phenoxy) is 2. The normalized spacial score (nSPS) is 17.1. The van der Waals surface area contributed by atoms with Gasteiger partial charge in [-0.05, 0) is 69.0 Å². The van der Waals surface area contributed by atoms with Crippen LogP contribution in [0, 0.1) is 6.92 Å². The highest BCUT2D eigenvalue weighted by Crippen LogP contribution is 2.42. The minimum Gasteiger partial charge on any atom is -0.507 e. The summed E-state index contributed by atoms with van der Waals surface area (Å²) >= 11 is 0. The largest absolute Gasteiger partial charge is 0.507 e. The first-order chi connectivity index (χ1) is 18.4. The van der Waals surface area contributed by atoms with E-state index in [1.165, 1.54) is 4.90 Å². The lowest BCUT2D eigenvalue weighted by molar-refractivity contribution is -0.140. The summed E-state index contributed by atoms with van der Waals surface area (Å²) in [6.45, 7) is 12.1. The first-order valence-corrected chi connectivity index (χ1v) is 13.2. The average Bonchev–Trinajstić information content (AvgIpc) is 3.13. The molecule has 1 unspecified atom stereocenters. The molecule has 1 fully saturated rings. The number of aliphatic hydroxyl groups excluding tert-OH is 1. The van der Waals surface area contributed by atoms with Crippen molar-refractivity contribution in [2.45, 2.75) is 65.6 Å². The highest BCUT2D eigenvalue weighted by atomic mass is 16.5. The monoisotopic (exact) mass is 527 g/mol. The lowest BCUT2D eigenvalue weighted by Crippen LogP contribution is -2.30. The number of rotatable bonds is 7. The Morgan fingerprint density at radius 3 is 2.33 bits per heavy atom. The molecular weight excluding hydrogens is 490 g/mol. The van der Waals surface area contributed by atoms with E-state index in [1.807, 2.05) is 96.1 Å². The molecule has 1 amide bonds. The molecule has 204 valence electrons. The van der Waals surface area contributed by atoms with Gasteiger partial charge >= 0.3 is 0 Å². The van der Waals surface area contributed by atoms with Gasteiger partial charge in [0.25, 0.3) is 11.7 Å². The SMILES string of the molecule is COc1ccc(/C(O)=C2/C(=O)C(=O)N(Cc3ccccc3OC(C)(C)C)C2c2cccc(C)c2)cc1C(C)C. The van der Waals surface area contributed by atoms with Crippen molar-refractivity contribution in [2.24, 2.45) is 0 Å². The van der Waals surface area contributed by atoms with Crippen LogP contribution in [0.1, 0.15) is 74.4 Å². The summed E-state index contributed by atoms with van der Waals surface area (Å²) in [5, 5.41) is 11.6. The molecule has 1 N–H and O–H groups in total. The number of methoxy groups -OCH3 is 1. The van der Waals surface area contributed by atoms with Crippen LogP contribution in [0.15, 0.2) is 72.3 Å². The molecule has 6 heteroatoms. The number of Topliss-reactive ketones (excluding diaryl/α,β-unsaturated/α-hetero) is 1. The molecule has 6 nitrogen and oxygen atoms in total. The molecule has 0 bridgehead atoms.